The molecule has 24 heavy (non-hydrogen) atoms. The van der Waals surface area contributed by atoms with E-state index >= 15 is 0 Å². The summed E-state index contributed by atoms with van der Waals surface area (Å²) in [5.74, 6) is 0.759. The van der Waals surface area contributed by atoms with E-state index in [1.165, 1.54) is 0 Å². The van der Waals surface area contributed by atoms with Crippen LogP contribution in [0.25, 0.3) is 0 Å². The van der Waals surface area contributed by atoms with Gasteiger partial charge >= 0.3 is 5.97 Å². The highest BCUT2D eigenvalue weighted by Crippen LogP contribution is 2.30. The van der Waals surface area contributed by atoms with Gasteiger partial charge in [0.2, 0.25) is 0 Å². The van der Waals surface area contributed by atoms with E-state index < -0.39 is 5.97 Å². The summed E-state index contributed by atoms with van der Waals surface area (Å²) >= 11 is 0. The summed E-state index contributed by atoms with van der Waals surface area (Å²) in [5.41, 5.74) is 0.399. The molecule has 0 bridgehead atoms. The van der Waals surface area contributed by atoms with Gasteiger partial charge in [0.05, 0.1) is 0 Å². The van der Waals surface area contributed by atoms with Crippen molar-refractivity contribution in [2.75, 3.05) is 26.4 Å². The first kappa shape index (κ1) is 15.9. The van der Waals surface area contributed by atoms with E-state index in [0.29, 0.717) is 36.0 Å². The van der Waals surface area contributed by atoms with Gasteiger partial charge in [-0.05, 0) is 30.3 Å². The van der Waals surface area contributed by atoms with Crippen LogP contribution in [-0.4, -0.2) is 38.2 Å². The van der Waals surface area contributed by atoms with Crippen molar-refractivity contribution in [2.45, 2.75) is 0 Å². The van der Waals surface area contributed by atoms with Crippen LogP contribution < -0.4 is 14.2 Å². The molecular weight excluding hydrogens is 312 g/mol. The average molecular weight is 328 g/mol. The highest BCUT2D eigenvalue weighted by atomic mass is 16.6. The molecule has 0 unspecified atom stereocenters. The van der Waals surface area contributed by atoms with Crippen molar-refractivity contribution in [1.29, 1.82) is 0 Å². The number of ether oxygens (including phenoxy) is 4. The van der Waals surface area contributed by atoms with Crippen LogP contribution in [-0.2, 0) is 9.53 Å². The number of benzene rings is 2. The first-order valence-corrected chi connectivity index (χ1v) is 7.49. The lowest BCUT2D eigenvalue weighted by molar-refractivity contribution is -0.144. The van der Waals surface area contributed by atoms with Gasteiger partial charge in [-0.2, -0.15) is 0 Å². The number of ketones is 1. The second kappa shape index (κ2) is 7.50. The molecule has 2 aromatic rings. The van der Waals surface area contributed by atoms with Gasteiger partial charge in [0.15, 0.2) is 30.5 Å². The summed E-state index contributed by atoms with van der Waals surface area (Å²) in [7, 11) is 0. The summed E-state index contributed by atoms with van der Waals surface area (Å²) < 4.78 is 21.0. The molecule has 0 fully saturated rings. The molecule has 6 nitrogen and oxygen atoms in total. The van der Waals surface area contributed by atoms with E-state index in [2.05, 4.69) is 0 Å². The molecule has 3 rings (SSSR count). The molecule has 0 aliphatic carbocycles. The van der Waals surface area contributed by atoms with Crippen molar-refractivity contribution in [1.82, 2.24) is 0 Å². The fourth-order valence-corrected chi connectivity index (χ4v) is 2.15. The number of carbonyl (C=O) groups is 2. The van der Waals surface area contributed by atoms with E-state index in [9.17, 15) is 9.59 Å². The smallest absolute Gasteiger partial charge is 0.344 e. The Labute approximate surface area is 138 Å². The summed E-state index contributed by atoms with van der Waals surface area (Å²) in [6.07, 6.45) is 0. The Hall–Kier alpha value is -3.02. The third kappa shape index (κ3) is 4.04. The summed E-state index contributed by atoms with van der Waals surface area (Å²) in [4.78, 5) is 23.7. The third-order valence-corrected chi connectivity index (χ3v) is 3.33. The number of rotatable bonds is 6. The Morgan fingerprint density at radius 2 is 1.67 bits per heavy atom. The number of Topliss-reactive ketones (excluding diaryl/α,β-unsaturated/α-hetero) is 1. The maximum Gasteiger partial charge on any atom is 0.344 e. The minimum Gasteiger partial charge on any atom is -0.486 e. The Bertz CT molecular complexity index is 726. The zero-order valence-corrected chi connectivity index (χ0v) is 12.9. The number of hydrogen-bond donors (Lipinski definition) is 0. The Balaban J connectivity index is 1.49. The molecule has 0 radical (unpaired) electrons. The Morgan fingerprint density at radius 3 is 2.46 bits per heavy atom. The molecular formula is C18H16O6. The number of para-hydroxylation sites is 1. The van der Waals surface area contributed by atoms with E-state index in [-0.39, 0.29) is 19.0 Å². The molecule has 2 aromatic carbocycles. The molecule has 1 aliphatic rings. The molecule has 124 valence electrons. The molecule has 6 heteroatoms. The minimum atomic E-state index is -0.607. The van der Waals surface area contributed by atoms with Crippen LogP contribution in [0.5, 0.6) is 17.2 Å². The van der Waals surface area contributed by atoms with Crippen molar-refractivity contribution < 1.29 is 28.5 Å². The molecule has 0 amide bonds. The molecule has 0 saturated heterocycles. The van der Waals surface area contributed by atoms with Crippen molar-refractivity contribution in [3.63, 3.8) is 0 Å². The second-order valence-electron chi connectivity index (χ2n) is 5.04. The van der Waals surface area contributed by atoms with E-state index in [0.717, 1.165) is 0 Å². The number of fused-ring (bicyclic) bond motifs is 1. The lowest BCUT2D eigenvalue weighted by Gasteiger charge is -2.18. The van der Waals surface area contributed by atoms with Crippen molar-refractivity contribution in [2.24, 2.45) is 0 Å². The van der Waals surface area contributed by atoms with Crippen molar-refractivity contribution >= 4 is 11.8 Å². The van der Waals surface area contributed by atoms with Gasteiger partial charge in [-0.1, -0.05) is 18.2 Å². The molecule has 0 aromatic heterocycles. The Morgan fingerprint density at radius 1 is 0.917 bits per heavy atom. The molecule has 1 aliphatic heterocycles. The average Bonchev–Trinajstić information content (AvgIpc) is 2.65. The normalized spacial score (nSPS) is 12.3. The standard InChI is InChI=1S/C18H16O6/c19-15(13-6-7-16-17(10-13)22-9-8-21-16)11-24-18(20)12-23-14-4-2-1-3-5-14/h1-7,10H,8-9,11-12H2. The number of hydrogen-bond acceptors (Lipinski definition) is 6. The third-order valence-electron chi connectivity index (χ3n) is 3.33. The van der Waals surface area contributed by atoms with Gasteiger partial charge in [-0.25, -0.2) is 4.79 Å². The highest BCUT2D eigenvalue weighted by Gasteiger charge is 2.16. The molecule has 1 heterocycles. The van der Waals surface area contributed by atoms with Crippen LogP contribution in [0.1, 0.15) is 10.4 Å². The zero-order valence-electron chi connectivity index (χ0n) is 12.9. The van der Waals surface area contributed by atoms with Gasteiger partial charge in [-0.3, -0.25) is 4.79 Å². The lowest BCUT2D eigenvalue weighted by Crippen LogP contribution is -2.20. The first-order chi connectivity index (χ1) is 11.7. The number of carbonyl (C=O) groups excluding carboxylic acids is 2. The van der Waals surface area contributed by atoms with Gasteiger partial charge in [0.25, 0.3) is 0 Å². The van der Waals surface area contributed by atoms with E-state index in [1.54, 1.807) is 42.5 Å². The van der Waals surface area contributed by atoms with Crippen LogP contribution >= 0.6 is 0 Å². The molecule has 0 atom stereocenters. The minimum absolute atomic E-state index is 0.252. The highest BCUT2D eigenvalue weighted by molar-refractivity contribution is 5.98. The predicted octanol–water partition coefficient (Wildman–Crippen LogP) is 2.26. The Kier molecular flexibility index (Phi) is 4.96. The fourth-order valence-electron chi connectivity index (χ4n) is 2.15. The van der Waals surface area contributed by atoms with Gasteiger partial charge in [-0.15, -0.1) is 0 Å². The summed E-state index contributed by atoms with van der Waals surface area (Å²) in [6.45, 7) is 0.324. The topological polar surface area (TPSA) is 71.1 Å². The van der Waals surface area contributed by atoms with Crippen molar-refractivity contribution in [3.05, 3.63) is 54.1 Å². The van der Waals surface area contributed by atoms with Crippen LogP contribution in [0.4, 0.5) is 0 Å². The largest absolute Gasteiger partial charge is 0.486 e. The van der Waals surface area contributed by atoms with Gasteiger partial charge in [0, 0.05) is 5.56 Å². The lowest BCUT2D eigenvalue weighted by atomic mass is 10.1. The first-order valence-electron chi connectivity index (χ1n) is 7.49. The number of esters is 1. The fraction of sp³-hybridized carbons (Fsp3) is 0.222. The van der Waals surface area contributed by atoms with Gasteiger partial charge in [0.1, 0.15) is 19.0 Å². The van der Waals surface area contributed by atoms with Gasteiger partial charge < -0.3 is 18.9 Å². The zero-order chi connectivity index (χ0) is 16.8. The van der Waals surface area contributed by atoms with E-state index in [4.69, 9.17) is 18.9 Å². The molecule has 0 saturated carbocycles. The van der Waals surface area contributed by atoms with E-state index in [1.807, 2.05) is 6.07 Å². The monoisotopic (exact) mass is 328 g/mol. The predicted molar refractivity (Wildman–Crippen MR) is 84.7 cm³/mol. The maximum absolute atomic E-state index is 12.1. The van der Waals surface area contributed by atoms with Crippen LogP contribution in [0.3, 0.4) is 0 Å². The molecule has 0 spiro atoms. The van der Waals surface area contributed by atoms with Crippen LogP contribution in [0.2, 0.25) is 0 Å². The second-order valence-corrected chi connectivity index (χ2v) is 5.04. The molecule has 0 N–H and O–H groups in total. The SMILES string of the molecule is O=C(COc1ccccc1)OCC(=O)c1ccc2c(c1)OCCO2. The summed E-state index contributed by atoms with van der Waals surface area (Å²) in [6, 6.07) is 13.8. The maximum atomic E-state index is 12.1. The van der Waals surface area contributed by atoms with Crippen LogP contribution in [0, 0.1) is 0 Å². The van der Waals surface area contributed by atoms with Crippen molar-refractivity contribution in [3.8, 4) is 17.2 Å². The quantitative estimate of drug-likeness (QED) is 0.598. The van der Waals surface area contributed by atoms with Crippen LogP contribution in [0.15, 0.2) is 48.5 Å². The summed E-state index contributed by atoms with van der Waals surface area (Å²) in [5, 5.41) is 0.